The Balaban J connectivity index is 1.90. The third-order valence-corrected chi connectivity index (χ3v) is 4.23. The number of nitrogens with zero attached hydrogens (tertiary/aromatic N) is 3. The zero-order chi connectivity index (χ0) is 16.0. The molecule has 0 fully saturated rings. The van der Waals surface area contributed by atoms with Gasteiger partial charge in [0.1, 0.15) is 5.82 Å². The number of para-hydroxylation sites is 1. The molecule has 0 atom stereocenters. The smallest absolute Gasteiger partial charge is 0.126 e. The van der Waals surface area contributed by atoms with Crippen molar-refractivity contribution in [3.63, 3.8) is 0 Å². The maximum atomic E-state index is 4.65. The molecule has 0 spiro atoms. The van der Waals surface area contributed by atoms with E-state index in [1.54, 1.807) is 0 Å². The van der Waals surface area contributed by atoms with Gasteiger partial charge in [-0.2, -0.15) is 0 Å². The summed E-state index contributed by atoms with van der Waals surface area (Å²) in [4.78, 5) is 9.16. The van der Waals surface area contributed by atoms with Crippen LogP contribution in [0.3, 0.4) is 0 Å². The van der Waals surface area contributed by atoms with Crippen molar-refractivity contribution in [3.05, 3.63) is 78.4 Å². The van der Waals surface area contributed by atoms with Crippen molar-refractivity contribution in [2.24, 2.45) is 7.05 Å². The molecule has 0 radical (unpaired) electrons. The zero-order valence-electron chi connectivity index (χ0n) is 13.2. The molecule has 4 rings (SSSR count). The van der Waals surface area contributed by atoms with Crippen molar-refractivity contribution in [1.29, 1.82) is 0 Å². The van der Waals surface area contributed by atoms with E-state index in [4.69, 9.17) is 0 Å². The minimum Gasteiger partial charge on any atom is -0.351 e. The van der Waals surface area contributed by atoms with Gasteiger partial charge in [-0.05, 0) is 36.8 Å². The third kappa shape index (κ3) is 2.21. The van der Waals surface area contributed by atoms with Crippen molar-refractivity contribution < 1.29 is 0 Å². The number of aryl methyl sites for hydroxylation is 2. The van der Waals surface area contributed by atoms with E-state index in [0.717, 1.165) is 33.6 Å². The molecule has 0 saturated carbocycles. The van der Waals surface area contributed by atoms with Gasteiger partial charge in [-0.3, -0.25) is 0 Å². The lowest BCUT2D eigenvalue weighted by molar-refractivity contribution is 0.969. The summed E-state index contributed by atoms with van der Waals surface area (Å²) in [6.07, 6.45) is 2.07. The molecule has 0 aliphatic heterocycles. The highest BCUT2D eigenvalue weighted by molar-refractivity contribution is 5.95. The number of hydrogen-bond donors (Lipinski definition) is 0. The predicted octanol–water partition coefficient (Wildman–Crippen LogP) is 4.49. The fourth-order valence-electron chi connectivity index (χ4n) is 3.03. The van der Waals surface area contributed by atoms with Crippen LogP contribution in [0.15, 0.2) is 61.3 Å². The van der Waals surface area contributed by atoms with Crippen LogP contribution in [0.4, 0.5) is 0 Å². The molecule has 2 aromatic carbocycles. The second kappa shape index (κ2) is 5.06. The van der Waals surface area contributed by atoms with Crippen LogP contribution in [-0.4, -0.2) is 14.5 Å². The minimum atomic E-state index is 0.764. The van der Waals surface area contributed by atoms with Crippen LogP contribution in [-0.2, 0) is 7.05 Å². The minimum absolute atomic E-state index is 0.764. The van der Waals surface area contributed by atoms with Crippen LogP contribution in [0.25, 0.3) is 27.4 Å². The Bertz CT molecular complexity index is 1060. The summed E-state index contributed by atoms with van der Waals surface area (Å²) in [5.41, 5.74) is 5.09. The van der Waals surface area contributed by atoms with E-state index in [0.29, 0.717) is 0 Å². The lowest BCUT2D eigenvalue weighted by Crippen LogP contribution is -1.98. The number of benzene rings is 2. The molecule has 0 saturated heterocycles. The summed E-state index contributed by atoms with van der Waals surface area (Å²) in [6, 6.07) is 16.6. The Morgan fingerprint density at radius 3 is 2.74 bits per heavy atom. The van der Waals surface area contributed by atoms with Crippen LogP contribution < -0.4 is 0 Å². The highest BCUT2D eigenvalue weighted by Gasteiger charge is 2.11. The first-order valence-electron chi connectivity index (χ1n) is 7.61. The predicted molar refractivity (Wildman–Crippen MR) is 95.3 cm³/mol. The van der Waals surface area contributed by atoms with Crippen molar-refractivity contribution in [3.8, 4) is 0 Å². The third-order valence-electron chi connectivity index (χ3n) is 4.23. The topological polar surface area (TPSA) is 30.7 Å². The molecule has 4 aromatic rings. The summed E-state index contributed by atoms with van der Waals surface area (Å²) in [6.45, 7) is 6.22. The SMILES string of the molecule is C=C(c1ccc2c(ccn2C)c1)c1nc(C)nc2ccccc12. The molecule has 3 heteroatoms. The average Bonchev–Trinajstić information content (AvgIpc) is 2.94. The molecular weight excluding hydrogens is 282 g/mol. The second-order valence-electron chi connectivity index (χ2n) is 5.82. The van der Waals surface area contributed by atoms with Gasteiger partial charge in [0.2, 0.25) is 0 Å². The summed E-state index contributed by atoms with van der Waals surface area (Å²) in [5, 5.41) is 2.25. The van der Waals surface area contributed by atoms with Crippen LogP contribution in [0, 0.1) is 6.92 Å². The Kier molecular flexibility index (Phi) is 3.01. The van der Waals surface area contributed by atoms with Crippen molar-refractivity contribution >= 4 is 27.4 Å². The van der Waals surface area contributed by atoms with Gasteiger partial charge in [-0.25, -0.2) is 9.97 Å². The van der Waals surface area contributed by atoms with E-state index in [1.807, 2.05) is 25.1 Å². The maximum Gasteiger partial charge on any atom is 0.126 e. The standard InChI is InChI=1S/C20H17N3/c1-13(15-8-9-19-16(12-15)10-11-23(19)3)20-17-6-4-5-7-18(17)21-14(2)22-20/h4-12H,1H2,2-3H3. The molecule has 0 N–H and O–H groups in total. The normalized spacial score (nSPS) is 11.2. The molecule has 0 bridgehead atoms. The molecule has 3 nitrogen and oxygen atoms in total. The number of fused-ring (bicyclic) bond motifs is 2. The van der Waals surface area contributed by atoms with Gasteiger partial charge in [-0.1, -0.05) is 30.8 Å². The quantitative estimate of drug-likeness (QED) is 0.546. The lowest BCUT2D eigenvalue weighted by atomic mass is 9.99. The van der Waals surface area contributed by atoms with Gasteiger partial charge >= 0.3 is 0 Å². The molecule has 2 heterocycles. The van der Waals surface area contributed by atoms with Gasteiger partial charge < -0.3 is 4.57 Å². The Morgan fingerprint density at radius 1 is 1.04 bits per heavy atom. The van der Waals surface area contributed by atoms with Gasteiger partial charge in [0, 0.05) is 35.1 Å². The highest BCUT2D eigenvalue weighted by Crippen LogP contribution is 2.28. The van der Waals surface area contributed by atoms with Crippen molar-refractivity contribution in [1.82, 2.24) is 14.5 Å². The molecule has 2 aromatic heterocycles. The number of aromatic nitrogens is 3. The summed E-state index contributed by atoms with van der Waals surface area (Å²) < 4.78 is 2.12. The largest absolute Gasteiger partial charge is 0.351 e. The van der Waals surface area contributed by atoms with E-state index in [9.17, 15) is 0 Å². The average molecular weight is 299 g/mol. The van der Waals surface area contributed by atoms with E-state index in [2.05, 4.69) is 64.7 Å². The summed E-state index contributed by atoms with van der Waals surface area (Å²) in [7, 11) is 2.05. The van der Waals surface area contributed by atoms with E-state index in [-0.39, 0.29) is 0 Å². The zero-order valence-corrected chi connectivity index (χ0v) is 13.2. The molecule has 0 aliphatic rings. The number of hydrogen-bond acceptors (Lipinski definition) is 2. The van der Waals surface area contributed by atoms with Gasteiger partial charge in [0.25, 0.3) is 0 Å². The first-order chi connectivity index (χ1) is 11.1. The van der Waals surface area contributed by atoms with Crippen LogP contribution in [0.2, 0.25) is 0 Å². The highest BCUT2D eigenvalue weighted by atomic mass is 14.9. The first kappa shape index (κ1) is 13.7. The summed E-state index contributed by atoms with van der Waals surface area (Å²) in [5.74, 6) is 0.764. The fourth-order valence-corrected chi connectivity index (χ4v) is 3.03. The Hall–Kier alpha value is -2.94. The molecule has 0 amide bonds. The Morgan fingerprint density at radius 2 is 1.87 bits per heavy atom. The van der Waals surface area contributed by atoms with E-state index < -0.39 is 0 Å². The summed E-state index contributed by atoms with van der Waals surface area (Å²) >= 11 is 0. The molecule has 112 valence electrons. The molecule has 0 aliphatic carbocycles. The van der Waals surface area contributed by atoms with Crippen molar-refractivity contribution in [2.75, 3.05) is 0 Å². The van der Waals surface area contributed by atoms with Gasteiger partial charge in [-0.15, -0.1) is 0 Å². The second-order valence-corrected chi connectivity index (χ2v) is 5.82. The molecule has 23 heavy (non-hydrogen) atoms. The molecular formula is C20H17N3. The van der Waals surface area contributed by atoms with Crippen LogP contribution in [0.5, 0.6) is 0 Å². The van der Waals surface area contributed by atoms with E-state index >= 15 is 0 Å². The lowest BCUT2D eigenvalue weighted by Gasteiger charge is -2.10. The van der Waals surface area contributed by atoms with Gasteiger partial charge in [0.05, 0.1) is 11.2 Å². The van der Waals surface area contributed by atoms with E-state index in [1.165, 1.54) is 10.9 Å². The molecule has 0 unspecified atom stereocenters. The number of rotatable bonds is 2. The first-order valence-corrected chi connectivity index (χ1v) is 7.61. The Labute approximate surface area is 134 Å². The monoisotopic (exact) mass is 299 g/mol. The maximum absolute atomic E-state index is 4.65. The fraction of sp³-hybridized carbons (Fsp3) is 0.100. The van der Waals surface area contributed by atoms with Crippen LogP contribution >= 0.6 is 0 Å². The van der Waals surface area contributed by atoms with Gasteiger partial charge in [0.15, 0.2) is 0 Å². The van der Waals surface area contributed by atoms with Crippen LogP contribution in [0.1, 0.15) is 17.1 Å². The van der Waals surface area contributed by atoms with Crippen molar-refractivity contribution in [2.45, 2.75) is 6.92 Å².